The van der Waals surface area contributed by atoms with Crippen molar-refractivity contribution in [3.8, 4) is 0 Å². The molecular weight excluding hydrogens is 364 g/mol. The molecule has 1 nitrogen and oxygen atoms in total. The number of allylic oxidation sites excluding steroid dienone is 6. The Morgan fingerprint density at radius 3 is 2.63 bits per heavy atom. The first-order chi connectivity index (χ1) is 14.1. The van der Waals surface area contributed by atoms with E-state index in [0.29, 0.717) is 35.9 Å². The van der Waals surface area contributed by atoms with E-state index < -0.39 is 0 Å². The van der Waals surface area contributed by atoms with Crippen LogP contribution in [0, 0.1) is 46.3 Å². The molecule has 8 unspecified atom stereocenters. The van der Waals surface area contributed by atoms with E-state index in [-0.39, 0.29) is 16.7 Å². The maximum Gasteiger partial charge on any atom is 0.137 e. The fraction of sp³-hybridized carbons (Fsp3) is 0.690. The van der Waals surface area contributed by atoms with E-state index in [4.69, 9.17) is 0 Å². The lowest BCUT2D eigenvalue weighted by Gasteiger charge is -2.59. The molecular formula is C29H42O. The lowest BCUT2D eigenvalue weighted by Crippen LogP contribution is -2.53. The summed E-state index contributed by atoms with van der Waals surface area (Å²) in [7, 11) is 0. The summed E-state index contributed by atoms with van der Waals surface area (Å²) in [5, 5.41) is 0. The minimum absolute atomic E-state index is 0.171. The average molecular weight is 407 g/mol. The van der Waals surface area contributed by atoms with Crippen LogP contribution in [0.25, 0.3) is 0 Å². The van der Waals surface area contributed by atoms with Crippen molar-refractivity contribution in [1.29, 1.82) is 0 Å². The van der Waals surface area contributed by atoms with E-state index in [1.165, 1.54) is 31.3 Å². The molecule has 0 aromatic heterocycles. The van der Waals surface area contributed by atoms with E-state index in [9.17, 15) is 4.79 Å². The molecule has 0 aromatic carbocycles. The van der Waals surface area contributed by atoms with Gasteiger partial charge >= 0.3 is 0 Å². The van der Waals surface area contributed by atoms with Crippen LogP contribution in [0.15, 0.2) is 48.1 Å². The molecule has 4 aliphatic rings. The molecule has 0 N–H and O–H groups in total. The van der Waals surface area contributed by atoms with Gasteiger partial charge in [0.1, 0.15) is 5.78 Å². The van der Waals surface area contributed by atoms with E-state index in [1.807, 2.05) is 0 Å². The second kappa shape index (κ2) is 7.64. The summed E-state index contributed by atoms with van der Waals surface area (Å²) in [4.78, 5) is 13.5. The number of fused-ring (bicyclic) bond motifs is 5. The molecule has 0 aliphatic heterocycles. The van der Waals surface area contributed by atoms with Crippen molar-refractivity contribution in [1.82, 2.24) is 0 Å². The van der Waals surface area contributed by atoms with E-state index in [2.05, 4.69) is 66.0 Å². The van der Waals surface area contributed by atoms with Gasteiger partial charge in [-0.1, -0.05) is 77.2 Å². The smallest absolute Gasteiger partial charge is 0.137 e. The lowest BCUT2D eigenvalue weighted by atomic mass is 9.45. The minimum Gasteiger partial charge on any atom is -0.299 e. The standard InChI is InChI=1S/C29H42O/c1-8-18(2)9-12-25(30)27-20(4)16-24-23-11-10-22-15-19(3)13-14-28(22,6)26(23)21(5)17-29(24,27)7/h13-15,20-21,23-24,26-27H,2-3,8-12,16-17H2,1,4-7H3. The molecule has 0 heterocycles. The predicted molar refractivity (Wildman–Crippen MR) is 127 cm³/mol. The SMILES string of the molecule is C=C1C=CC2(C)C(=C1)CCC1C2C(C)CC2(C)C1CC(C)C2C(=O)CCC(=C)CC. The Bertz CT molecular complexity index is 812. The summed E-state index contributed by atoms with van der Waals surface area (Å²) in [6.07, 6.45) is 14.6. The first-order valence-electron chi connectivity index (χ1n) is 12.4. The summed E-state index contributed by atoms with van der Waals surface area (Å²) in [6.45, 7) is 20.3. The van der Waals surface area contributed by atoms with Gasteiger partial charge in [0, 0.05) is 17.8 Å². The van der Waals surface area contributed by atoms with Crippen LogP contribution in [0.3, 0.4) is 0 Å². The van der Waals surface area contributed by atoms with E-state index in [0.717, 1.165) is 24.3 Å². The van der Waals surface area contributed by atoms with E-state index >= 15 is 0 Å². The van der Waals surface area contributed by atoms with Crippen molar-refractivity contribution in [2.45, 2.75) is 79.6 Å². The quantitative estimate of drug-likeness (QED) is 0.427. The van der Waals surface area contributed by atoms with Crippen molar-refractivity contribution in [2.75, 3.05) is 0 Å². The number of carbonyl (C=O) groups excluding carboxylic acids is 1. The van der Waals surface area contributed by atoms with Crippen LogP contribution < -0.4 is 0 Å². The molecule has 30 heavy (non-hydrogen) atoms. The van der Waals surface area contributed by atoms with Gasteiger partial charge in [0.2, 0.25) is 0 Å². The molecule has 0 amide bonds. The van der Waals surface area contributed by atoms with Crippen molar-refractivity contribution in [3.63, 3.8) is 0 Å². The van der Waals surface area contributed by atoms with Crippen molar-refractivity contribution >= 4 is 5.78 Å². The summed E-state index contributed by atoms with van der Waals surface area (Å²) >= 11 is 0. The molecule has 8 atom stereocenters. The summed E-state index contributed by atoms with van der Waals surface area (Å²) in [5.74, 6) is 4.04. The highest BCUT2D eigenvalue weighted by Crippen LogP contribution is 2.68. The number of hydrogen-bond donors (Lipinski definition) is 0. The Kier molecular flexibility index (Phi) is 5.57. The zero-order chi connectivity index (χ0) is 21.8. The van der Waals surface area contributed by atoms with Gasteiger partial charge in [0.05, 0.1) is 0 Å². The highest BCUT2D eigenvalue weighted by atomic mass is 16.1. The molecule has 0 spiro atoms. The Labute approximate surface area is 184 Å². The summed E-state index contributed by atoms with van der Waals surface area (Å²) in [6, 6.07) is 0. The Morgan fingerprint density at radius 1 is 1.20 bits per heavy atom. The largest absolute Gasteiger partial charge is 0.299 e. The number of rotatable bonds is 5. The third-order valence-electron chi connectivity index (χ3n) is 9.81. The number of carbonyl (C=O) groups is 1. The Balaban J connectivity index is 1.62. The highest BCUT2D eigenvalue weighted by Gasteiger charge is 2.63. The number of hydrogen-bond acceptors (Lipinski definition) is 1. The lowest BCUT2D eigenvalue weighted by molar-refractivity contribution is -0.132. The van der Waals surface area contributed by atoms with Crippen LogP contribution in [-0.2, 0) is 4.79 Å². The van der Waals surface area contributed by atoms with Gasteiger partial charge in [-0.05, 0) is 79.1 Å². The van der Waals surface area contributed by atoms with Gasteiger partial charge in [-0.25, -0.2) is 0 Å². The van der Waals surface area contributed by atoms with Crippen molar-refractivity contribution in [3.05, 3.63) is 48.1 Å². The monoisotopic (exact) mass is 406 g/mol. The first kappa shape index (κ1) is 21.8. The van der Waals surface area contributed by atoms with Gasteiger partial charge in [-0.3, -0.25) is 4.79 Å². The van der Waals surface area contributed by atoms with Crippen LogP contribution in [0.1, 0.15) is 79.6 Å². The van der Waals surface area contributed by atoms with Gasteiger partial charge in [-0.15, -0.1) is 0 Å². The fourth-order valence-corrected chi connectivity index (χ4v) is 8.66. The minimum atomic E-state index is 0.171. The van der Waals surface area contributed by atoms with Crippen molar-refractivity contribution in [2.24, 2.45) is 46.3 Å². The third kappa shape index (κ3) is 3.23. The topological polar surface area (TPSA) is 17.1 Å². The average Bonchev–Trinajstić information content (AvgIpc) is 2.95. The van der Waals surface area contributed by atoms with Gasteiger partial charge in [-0.2, -0.15) is 0 Å². The number of Topliss-reactive ketones (excluding diaryl/α,β-unsaturated/α-hetero) is 1. The third-order valence-corrected chi connectivity index (χ3v) is 9.81. The maximum absolute atomic E-state index is 13.5. The van der Waals surface area contributed by atoms with Crippen LogP contribution >= 0.6 is 0 Å². The van der Waals surface area contributed by atoms with Gasteiger partial charge in [0.25, 0.3) is 0 Å². The van der Waals surface area contributed by atoms with Crippen LogP contribution in [0.5, 0.6) is 0 Å². The normalized spacial score (nSPS) is 44.7. The second-order valence-corrected chi connectivity index (χ2v) is 11.6. The second-order valence-electron chi connectivity index (χ2n) is 11.6. The Morgan fingerprint density at radius 2 is 1.93 bits per heavy atom. The Hall–Kier alpha value is -1.37. The van der Waals surface area contributed by atoms with E-state index in [1.54, 1.807) is 5.57 Å². The van der Waals surface area contributed by atoms with Crippen molar-refractivity contribution < 1.29 is 4.79 Å². The zero-order valence-electron chi connectivity index (χ0n) is 20.0. The fourth-order valence-electron chi connectivity index (χ4n) is 8.66. The van der Waals surface area contributed by atoms with Crippen LogP contribution in [-0.4, -0.2) is 5.78 Å². The summed E-state index contributed by atoms with van der Waals surface area (Å²) < 4.78 is 0. The maximum atomic E-state index is 13.5. The molecule has 0 aromatic rings. The molecule has 0 radical (unpaired) electrons. The molecule has 4 aliphatic carbocycles. The predicted octanol–water partition coefficient (Wildman–Crippen LogP) is 7.71. The number of ketones is 1. The molecule has 0 bridgehead atoms. The van der Waals surface area contributed by atoms with Gasteiger partial charge in [0.15, 0.2) is 0 Å². The molecule has 164 valence electrons. The zero-order valence-corrected chi connectivity index (χ0v) is 20.0. The van der Waals surface area contributed by atoms with Crippen LogP contribution in [0.2, 0.25) is 0 Å². The van der Waals surface area contributed by atoms with Gasteiger partial charge < -0.3 is 0 Å². The molecule has 3 fully saturated rings. The molecule has 0 saturated heterocycles. The molecule has 3 saturated carbocycles. The molecule has 1 heteroatoms. The summed E-state index contributed by atoms with van der Waals surface area (Å²) in [5.41, 5.74) is 4.32. The van der Waals surface area contributed by atoms with Crippen LogP contribution in [0.4, 0.5) is 0 Å². The highest BCUT2D eigenvalue weighted by molar-refractivity contribution is 5.82. The first-order valence-corrected chi connectivity index (χ1v) is 12.4. The molecule has 4 rings (SSSR count).